The van der Waals surface area contributed by atoms with Crippen LogP contribution in [0.25, 0.3) is 0 Å². The molecule has 0 bridgehead atoms. The number of hydrogen-bond acceptors (Lipinski definition) is 6. The Morgan fingerprint density at radius 1 is 1.00 bits per heavy atom. The fourth-order valence-corrected chi connectivity index (χ4v) is 2.59. The van der Waals surface area contributed by atoms with Gasteiger partial charge in [0, 0.05) is 18.7 Å². The highest BCUT2D eigenvalue weighted by molar-refractivity contribution is 5.98. The van der Waals surface area contributed by atoms with Gasteiger partial charge in [-0.3, -0.25) is 29.8 Å². The molecule has 10 heteroatoms. The molecular formula is C19H20N4O6. The van der Waals surface area contributed by atoms with E-state index >= 15 is 0 Å². The van der Waals surface area contributed by atoms with Crippen molar-refractivity contribution in [1.29, 1.82) is 0 Å². The Labute approximate surface area is 166 Å². The van der Waals surface area contributed by atoms with Gasteiger partial charge in [-0.2, -0.15) is 0 Å². The summed E-state index contributed by atoms with van der Waals surface area (Å²) in [5.41, 5.74) is -0.955. The van der Waals surface area contributed by atoms with Crippen molar-refractivity contribution in [2.45, 2.75) is 25.8 Å². The lowest BCUT2D eigenvalue weighted by molar-refractivity contribution is -0.394. The summed E-state index contributed by atoms with van der Waals surface area (Å²) in [6, 6.07) is 10.0. The van der Waals surface area contributed by atoms with Gasteiger partial charge in [0.1, 0.15) is 6.04 Å². The molecule has 2 aromatic carbocycles. The van der Waals surface area contributed by atoms with Crippen molar-refractivity contribution in [2.75, 3.05) is 6.54 Å². The molecule has 2 amide bonds. The Morgan fingerprint density at radius 3 is 2.10 bits per heavy atom. The lowest BCUT2D eigenvalue weighted by Gasteiger charge is -2.19. The van der Waals surface area contributed by atoms with Gasteiger partial charge in [-0.1, -0.05) is 43.7 Å². The van der Waals surface area contributed by atoms with E-state index in [4.69, 9.17) is 0 Å². The maximum atomic E-state index is 12.7. The molecule has 0 heterocycles. The minimum Gasteiger partial charge on any atom is -0.354 e. The normalized spacial score (nSPS) is 11.3. The summed E-state index contributed by atoms with van der Waals surface area (Å²) < 4.78 is 0. The van der Waals surface area contributed by atoms with Gasteiger partial charge in [0.25, 0.3) is 17.3 Å². The zero-order chi connectivity index (χ0) is 21.4. The van der Waals surface area contributed by atoms with Gasteiger partial charge >= 0.3 is 0 Å². The maximum Gasteiger partial charge on any atom is 0.277 e. The number of nitro benzene ring substituents is 2. The largest absolute Gasteiger partial charge is 0.354 e. The van der Waals surface area contributed by atoms with Crippen LogP contribution in [0, 0.1) is 20.2 Å². The van der Waals surface area contributed by atoms with E-state index in [2.05, 4.69) is 10.6 Å². The fourth-order valence-electron chi connectivity index (χ4n) is 2.59. The van der Waals surface area contributed by atoms with Crippen LogP contribution in [0.15, 0.2) is 48.5 Å². The second-order valence-electron chi connectivity index (χ2n) is 6.21. The van der Waals surface area contributed by atoms with Gasteiger partial charge in [-0.05, 0) is 12.0 Å². The summed E-state index contributed by atoms with van der Waals surface area (Å²) in [4.78, 5) is 45.7. The standard InChI is InChI=1S/C19H20N4O6/c1-2-3-9-20-19(25)17(13-7-5-4-6-8-13)21-18(24)14-10-15(22(26)27)12-16(11-14)23(28)29/h4-8,10-12,17H,2-3,9H2,1H3,(H,20,25)(H,21,24)/t17-/m1/s1. The third-order valence-electron chi connectivity index (χ3n) is 4.09. The fraction of sp³-hybridized carbons (Fsp3) is 0.263. The number of amides is 2. The van der Waals surface area contributed by atoms with Gasteiger partial charge in [0.15, 0.2) is 0 Å². The number of carbonyl (C=O) groups excluding carboxylic acids is 2. The van der Waals surface area contributed by atoms with Crippen LogP contribution < -0.4 is 10.6 Å². The molecular weight excluding hydrogens is 380 g/mol. The van der Waals surface area contributed by atoms with E-state index < -0.39 is 39.1 Å². The Kier molecular flexibility index (Phi) is 7.35. The SMILES string of the molecule is CCCCNC(=O)[C@H](NC(=O)c1cc([N+](=O)[O-])cc([N+](=O)[O-])c1)c1ccccc1. The molecule has 0 unspecified atom stereocenters. The number of nitrogens with zero attached hydrogens (tertiary/aromatic N) is 2. The number of nitrogens with one attached hydrogen (secondary N) is 2. The summed E-state index contributed by atoms with van der Waals surface area (Å²) in [5, 5.41) is 27.3. The van der Waals surface area contributed by atoms with Crippen LogP contribution >= 0.6 is 0 Å². The average Bonchev–Trinajstić information content (AvgIpc) is 2.72. The van der Waals surface area contributed by atoms with E-state index in [1.54, 1.807) is 30.3 Å². The quantitative estimate of drug-likeness (QED) is 0.376. The number of rotatable bonds is 9. The molecule has 0 aromatic heterocycles. The Balaban J connectivity index is 2.33. The van der Waals surface area contributed by atoms with Crippen molar-refractivity contribution >= 4 is 23.2 Å². The van der Waals surface area contributed by atoms with Gasteiger partial charge in [-0.15, -0.1) is 0 Å². The summed E-state index contributed by atoms with van der Waals surface area (Å²) in [7, 11) is 0. The third kappa shape index (κ3) is 5.83. The van der Waals surface area contributed by atoms with E-state index in [0.29, 0.717) is 12.1 Å². The zero-order valence-corrected chi connectivity index (χ0v) is 15.7. The van der Waals surface area contributed by atoms with Crippen molar-refractivity contribution < 1.29 is 19.4 Å². The highest BCUT2D eigenvalue weighted by Crippen LogP contribution is 2.23. The molecule has 0 saturated carbocycles. The average molecular weight is 400 g/mol. The molecule has 2 rings (SSSR count). The van der Waals surface area contributed by atoms with Crippen molar-refractivity contribution in [1.82, 2.24) is 10.6 Å². The first kappa shape index (κ1) is 21.5. The maximum absolute atomic E-state index is 12.7. The second-order valence-corrected chi connectivity index (χ2v) is 6.21. The molecule has 10 nitrogen and oxygen atoms in total. The lowest BCUT2D eigenvalue weighted by Crippen LogP contribution is -2.40. The molecule has 0 fully saturated rings. The Hall–Kier alpha value is -3.82. The topological polar surface area (TPSA) is 144 Å². The number of unbranched alkanes of at least 4 members (excludes halogenated alkanes) is 1. The van der Waals surface area contributed by atoms with Crippen LogP contribution in [0.2, 0.25) is 0 Å². The predicted molar refractivity (Wildman–Crippen MR) is 104 cm³/mol. The zero-order valence-electron chi connectivity index (χ0n) is 15.7. The van der Waals surface area contributed by atoms with E-state index in [1.165, 1.54) is 0 Å². The lowest BCUT2D eigenvalue weighted by atomic mass is 10.0. The molecule has 0 aliphatic rings. The van der Waals surface area contributed by atoms with Crippen LogP contribution in [-0.2, 0) is 4.79 Å². The molecule has 2 aromatic rings. The smallest absolute Gasteiger partial charge is 0.277 e. The number of carbonyl (C=O) groups is 2. The van der Waals surface area contributed by atoms with Crippen molar-refractivity contribution in [3.63, 3.8) is 0 Å². The number of benzene rings is 2. The minimum atomic E-state index is -1.06. The highest BCUT2D eigenvalue weighted by atomic mass is 16.6. The van der Waals surface area contributed by atoms with Crippen molar-refractivity contribution in [2.24, 2.45) is 0 Å². The van der Waals surface area contributed by atoms with Gasteiger partial charge in [0.2, 0.25) is 5.91 Å². The van der Waals surface area contributed by atoms with E-state index in [0.717, 1.165) is 31.0 Å². The van der Waals surface area contributed by atoms with Crippen LogP contribution in [0.4, 0.5) is 11.4 Å². The molecule has 2 N–H and O–H groups in total. The third-order valence-corrected chi connectivity index (χ3v) is 4.09. The first-order valence-electron chi connectivity index (χ1n) is 8.91. The van der Waals surface area contributed by atoms with Crippen LogP contribution in [0.5, 0.6) is 0 Å². The molecule has 1 atom stereocenters. The van der Waals surface area contributed by atoms with Crippen LogP contribution in [0.1, 0.15) is 41.7 Å². The molecule has 0 aliphatic carbocycles. The molecule has 0 aliphatic heterocycles. The molecule has 0 radical (unpaired) electrons. The van der Waals surface area contributed by atoms with E-state index in [-0.39, 0.29) is 5.56 Å². The van der Waals surface area contributed by atoms with Crippen molar-refractivity contribution in [3.8, 4) is 0 Å². The van der Waals surface area contributed by atoms with Crippen molar-refractivity contribution in [3.05, 3.63) is 79.9 Å². The first-order valence-corrected chi connectivity index (χ1v) is 8.91. The first-order chi connectivity index (χ1) is 13.8. The van der Waals surface area contributed by atoms with Crippen LogP contribution in [-0.4, -0.2) is 28.2 Å². The Morgan fingerprint density at radius 2 is 1.59 bits per heavy atom. The summed E-state index contributed by atoms with van der Waals surface area (Å²) in [5.74, 6) is -1.28. The van der Waals surface area contributed by atoms with Gasteiger partial charge in [-0.25, -0.2) is 0 Å². The minimum absolute atomic E-state index is 0.284. The number of hydrogen-bond donors (Lipinski definition) is 2. The van der Waals surface area contributed by atoms with E-state index in [1.807, 2.05) is 6.92 Å². The second kappa shape index (κ2) is 9.93. The summed E-state index contributed by atoms with van der Waals surface area (Å²) >= 11 is 0. The molecule has 152 valence electrons. The molecule has 0 spiro atoms. The number of nitro groups is 2. The molecule has 29 heavy (non-hydrogen) atoms. The van der Waals surface area contributed by atoms with E-state index in [9.17, 15) is 29.8 Å². The summed E-state index contributed by atoms with van der Waals surface area (Å²) in [6.45, 7) is 2.40. The predicted octanol–water partition coefficient (Wildman–Crippen LogP) is 2.89. The number of non-ortho nitro benzene ring substituents is 2. The van der Waals surface area contributed by atoms with Gasteiger partial charge < -0.3 is 10.6 Å². The van der Waals surface area contributed by atoms with Crippen LogP contribution in [0.3, 0.4) is 0 Å². The monoisotopic (exact) mass is 400 g/mol. The highest BCUT2D eigenvalue weighted by Gasteiger charge is 2.25. The van der Waals surface area contributed by atoms with Gasteiger partial charge in [0.05, 0.1) is 21.5 Å². The summed E-state index contributed by atoms with van der Waals surface area (Å²) in [6.07, 6.45) is 1.64. The molecule has 0 saturated heterocycles. The Bertz CT molecular complexity index is 884.